The van der Waals surface area contributed by atoms with Gasteiger partial charge in [0.2, 0.25) is 0 Å². The van der Waals surface area contributed by atoms with Gasteiger partial charge < -0.3 is 4.90 Å². The third kappa shape index (κ3) is 2.54. The van der Waals surface area contributed by atoms with E-state index in [4.69, 9.17) is 0 Å². The van der Waals surface area contributed by atoms with Gasteiger partial charge in [0.1, 0.15) is 5.01 Å². The van der Waals surface area contributed by atoms with Crippen molar-refractivity contribution >= 4 is 27.5 Å². The van der Waals surface area contributed by atoms with Crippen LogP contribution in [0.15, 0.2) is 36.7 Å². The number of aryl methyl sites for hydroxylation is 1. The van der Waals surface area contributed by atoms with Crippen molar-refractivity contribution in [3.8, 4) is 0 Å². The molecule has 5 nitrogen and oxygen atoms in total. The van der Waals surface area contributed by atoms with Crippen LogP contribution in [0.2, 0.25) is 0 Å². The van der Waals surface area contributed by atoms with Crippen LogP contribution < -0.4 is 0 Å². The number of aromatic nitrogens is 3. The summed E-state index contributed by atoms with van der Waals surface area (Å²) in [7, 11) is 3.60. The minimum absolute atomic E-state index is 0.0464. The van der Waals surface area contributed by atoms with Gasteiger partial charge in [-0.2, -0.15) is 5.10 Å². The van der Waals surface area contributed by atoms with Crippen molar-refractivity contribution in [2.75, 3.05) is 7.05 Å². The molecular formula is C15H16N4OS. The maximum absolute atomic E-state index is 12.4. The maximum atomic E-state index is 12.4. The fraction of sp³-hybridized carbons (Fsp3) is 0.267. The van der Waals surface area contributed by atoms with E-state index in [1.807, 2.05) is 31.2 Å². The van der Waals surface area contributed by atoms with E-state index in [1.165, 1.54) is 0 Å². The summed E-state index contributed by atoms with van der Waals surface area (Å²) in [5.74, 6) is -0.0464. The zero-order chi connectivity index (χ0) is 15.0. The van der Waals surface area contributed by atoms with E-state index in [9.17, 15) is 4.79 Å². The number of amides is 1. The summed E-state index contributed by atoms with van der Waals surface area (Å²) >= 11 is 1.63. The Hall–Kier alpha value is -2.21. The number of para-hydroxylation sites is 1. The topological polar surface area (TPSA) is 51.0 Å². The zero-order valence-corrected chi connectivity index (χ0v) is 13.0. The molecule has 3 aromatic rings. The first-order valence-corrected chi connectivity index (χ1v) is 7.49. The Labute approximate surface area is 126 Å². The van der Waals surface area contributed by atoms with Gasteiger partial charge in [0, 0.05) is 20.3 Å². The molecule has 6 heteroatoms. The van der Waals surface area contributed by atoms with Crippen LogP contribution in [0.3, 0.4) is 0 Å². The van der Waals surface area contributed by atoms with Crippen LogP contribution in [-0.2, 0) is 7.05 Å². The molecule has 0 unspecified atom stereocenters. The summed E-state index contributed by atoms with van der Waals surface area (Å²) in [6, 6.07) is 7.94. The first kappa shape index (κ1) is 13.8. The van der Waals surface area contributed by atoms with Crippen LogP contribution in [0, 0.1) is 0 Å². The third-order valence-electron chi connectivity index (χ3n) is 3.52. The second-order valence-corrected chi connectivity index (χ2v) is 6.08. The van der Waals surface area contributed by atoms with Gasteiger partial charge in [0.05, 0.1) is 28.0 Å². The lowest BCUT2D eigenvalue weighted by molar-refractivity contribution is 0.0742. The van der Waals surface area contributed by atoms with Gasteiger partial charge in [-0.25, -0.2) is 4.98 Å². The predicted molar refractivity (Wildman–Crippen MR) is 83.3 cm³/mol. The van der Waals surface area contributed by atoms with Gasteiger partial charge in [0.15, 0.2) is 0 Å². The van der Waals surface area contributed by atoms with Crippen LogP contribution >= 0.6 is 11.3 Å². The van der Waals surface area contributed by atoms with Crippen molar-refractivity contribution in [3.63, 3.8) is 0 Å². The molecule has 0 saturated carbocycles. The number of fused-ring (bicyclic) bond motifs is 1. The fourth-order valence-corrected chi connectivity index (χ4v) is 3.21. The molecule has 0 aliphatic carbocycles. The summed E-state index contributed by atoms with van der Waals surface area (Å²) in [5, 5.41) is 4.98. The highest BCUT2D eigenvalue weighted by Gasteiger charge is 2.22. The zero-order valence-electron chi connectivity index (χ0n) is 12.1. The first-order chi connectivity index (χ1) is 10.1. The Balaban J connectivity index is 1.86. The van der Waals surface area contributed by atoms with Crippen molar-refractivity contribution in [2.24, 2.45) is 7.05 Å². The molecule has 0 spiro atoms. The molecule has 2 aromatic heterocycles. The average molecular weight is 300 g/mol. The van der Waals surface area contributed by atoms with Crippen molar-refractivity contribution in [1.82, 2.24) is 19.7 Å². The smallest absolute Gasteiger partial charge is 0.257 e. The molecule has 0 radical (unpaired) electrons. The number of carbonyl (C=O) groups is 1. The number of thiazole rings is 1. The van der Waals surface area contributed by atoms with Gasteiger partial charge in [-0.3, -0.25) is 9.48 Å². The summed E-state index contributed by atoms with van der Waals surface area (Å²) in [4.78, 5) is 18.8. The SMILES string of the molecule is C[C@@H](c1nc2ccccc2s1)N(C)C(=O)c1cnn(C)c1. The van der Waals surface area contributed by atoms with E-state index in [-0.39, 0.29) is 11.9 Å². The lowest BCUT2D eigenvalue weighted by atomic mass is 10.2. The molecule has 0 aliphatic heterocycles. The summed E-state index contributed by atoms with van der Waals surface area (Å²) in [5.41, 5.74) is 1.57. The van der Waals surface area contributed by atoms with Crippen LogP contribution in [0.5, 0.6) is 0 Å². The Morgan fingerprint density at radius 1 is 1.38 bits per heavy atom. The minimum Gasteiger partial charge on any atom is -0.332 e. The monoisotopic (exact) mass is 300 g/mol. The Morgan fingerprint density at radius 2 is 2.14 bits per heavy atom. The highest BCUT2D eigenvalue weighted by molar-refractivity contribution is 7.18. The highest BCUT2D eigenvalue weighted by Crippen LogP contribution is 2.29. The molecule has 108 valence electrons. The van der Waals surface area contributed by atoms with Gasteiger partial charge >= 0.3 is 0 Å². The molecule has 21 heavy (non-hydrogen) atoms. The molecule has 0 bridgehead atoms. The minimum atomic E-state index is -0.0740. The molecular weight excluding hydrogens is 284 g/mol. The summed E-state index contributed by atoms with van der Waals surface area (Å²) in [6.45, 7) is 1.99. The van der Waals surface area contributed by atoms with E-state index in [2.05, 4.69) is 10.1 Å². The second-order valence-electron chi connectivity index (χ2n) is 5.01. The Bertz CT molecular complexity index is 759. The maximum Gasteiger partial charge on any atom is 0.257 e. The van der Waals surface area contributed by atoms with Gasteiger partial charge in [-0.15, -0.1) is 11.3 Å². The molecule has 1 atom stereocenters. The van der Waals surface area contributed by atoms with E-state index < -0.39 is 0 Å². The lowest BCUT2D eigenvalue weighted by Gasteiger charge is -2.22. The van der Waals surface area contributed by atoms with Crippen LogP contribution in [0.25, 0.3) is 10.2 Å². The van der Waals surface area contributed by atoms with Crippen molar-refractivity contribution in [1.29, 1.82) is 0 Å². The standard InChI is InChI=1S/C15H16N4OS/c1-10(14-17-12-6-4-5-7-13(12)21-14)19(3)15(20)11-8-16-18(2)9-11/h4-10H,1-3H3/t10-/m0/s1. The molecule has 0 aliphatic rings. The number of benzene rings is 1. The highest BCUT2D eigenvalue weighted by atomic mass is 32.1. The second kappa shape index (κ2) is 5.29. The Morgan fingerprint density at radius 3 is 2.81 bits per heavy atom. The average Bonchev–Trinajstić information content (AvgIpc) is 3.10. The largest absolute Gasteiger partial charge is 0.332 e. The quantitative estimate of drug-likeness (QED) is 0.747. The van der Waals surface area contributed by atoms with E-state index in [0.717, 1.165) is 15.2 Å². The number of hydrogen-bond acceptors (Lipinski definition) is 4. The number of hydrogen-bond donors (Lipinski definition) is 0. The Kier molecular flexibility index (Phi) is 3.47. The first-order valence-electron chi connectivity index (χ1n) is 6.67. The van der Waals surface area contributed by atoms with E-state index in [1.54, 1.807) is 47.4 Å². The molecule has 3 rings (SSSR count). The van der Waals surface area contributed by atoms with E-state index in [0.29, 0.717) is 5.56 Å². The van der Waals surface area contributed by atoms with Gasteiger partial charge in [-0.05, 0) is 19.1 Å². The molecule has 1 amide bonds. The summed E-state index contributed by atoms with van der Waals surface area (Å²) < 4.78 is 2.77. The molecule has 0 fully saturated rings. The number of carbonyl (C=O) groups excluding carboxylic acids is 1. The van der Waals surface area contributed by atoms with Crippen LogP contribution in [0.1, 0.15) is 28.3 Å². The predicted octanol–water partition coefficient (Wildman–Crippen LogP) is 2.86. The summed E-state index contributed by atoms with van der Waals surface area (Å²) in [6.07, 6.45) is 3.31. The fourth-order valence-electron chi connectivity index (χ4n) is 2.15. The van der Waals surface area contributed by atoms with Crippen molar-refractivity contribution in [2.45, 2.75) is 13.0 Å². The van der Waals surface area contributed by atoms with Crippen LogP contribution in [0.4, 0.5) is 0 Å². The normalized spacial score (nSPS) is 12.5. The molecule has 0 N–H and O–H groups in total. The van der Waals surface area contributed by atoms with Crippen molar-refractivity contribution in [3.05, 3.63) is 47.2 Å². The van der Waals surface area contributed by atoms with Crippen LogP contribution in [-0.4, -0.2) is 32.6 Å². The molecule has 2 heterocycles. The van der Waals surface area contributed by atoms with Gasteiger partial charge in [0.25, 0.3) is 5.91 Å². The van der Waals surface area contributed by atoms with E-state index >= 15 is 0 Å². The third-order valence-corrected chi connectivity index (χ3v) is 4.73. The number of nitrogens with zero attached hydrogens (tertiary/aromatic N) is 4. The lowest BCUT2D eigenvalue weighted by Crippen LogP contribution is -2.29. The molecule has 0 saturated heterocycles. The van der Waals surface area contributed by atoms with Crippen molar-refractivity contribution < 1.29 is 4.79 Å². The van der Waals surface area contributed by atoms with Gasteiger partial charge in [-0.1, -0.05) is 12.1 Å². The number of rotatable bonds is 3. The molecule has 1 aromatic carbocycles.